The summed E-state index contributed by atoms with van der Waals surface area (Å²) >= 11 is 6.04. The molecule has 0 aliphatic carbocycles. The number of alkyl halides is 1. The lowest BCUT2D eigenvalue weighted by molar-refractivity contribution is -0.139. The highest BCUT2D eigenvalue weighted by molar-refractivity contribution is 6.19. The van der Waals surface area contributed by atoms with Gasteiger partial charge < -0.3 is 9.80 Å². The molecular weight excluding hydrogens is 467 g/mol. The Kier molecular flexibility index (Phi) is 7.31. The first kappa shape index (κ1) is 25.4. The Labute approximate surface area is 211 Å². The van der Waals surface area contributed by atoms with Gasteiger partial charge in [0.05, 0.1) is 22.2 Å². The Balaban J connectivity index is 1.74. The van der Waals surface area contributed by atoms with Gasteiger partial charge in [-0.15, -0.1) is 11.6 Å². The minimum Gasteiger partial charge on any atom is -0.352 e. The molecule has 1 amide bonds. The van der Waals surface area contributed by atoms with Crippen LogP contribution in [0.15, 0.2) is 24.3 Å². The van der Waals surface area contributed by atoms with Gasteiger partial charge in [0.25, 0.3) is 0 Å². The van der Waals surface area contributed by atoms with Crippen molar-refractivity contribution in [3.05, 3.63) is 41.6 Å². The van der Waals surface area contributed by atoms with E-state index in [0.717, 1.165) is 46.9 Å². The summed E-state index contributed by atoms with van der Waals surface area (Å²) in [7, 11) is 0. The highest BCUT2D eigenvalue weighted by atomic mass is 35.5. The number of amides is 1. The Bertz CT molecular complexity index is 1200. The largest absolute Gasteiger partial charge is 0.352 e. The topological polar surface area (TPSA) is 67.2 Å². The van der Waals surface area contributed by atoms with Crippen LogP contribution in [-0.2, 0) is 4.79 Å². The molecule has 0 N–H and O–H groups in total. The standard InChI is InChI=1S/C26H34ClFN6O/c1-6-7-17(2)22-29-23(32-12-14-33(15-13-32)25(35)26(4,5)16-27)21-18(3)31-34(24(21)30-22)20-10-8-19(28)9-11-20/h8-11,17H,6-7,12-16H2,1-5H3. The Morgan fingerprint density at radius 3 is 2.40 bits per heavy atom. The van der Waals surface area contributed by atoms with Crippen LogP contribution in [0.5, 0.6) is 0 Å². The van der Waals surface area contributed by atoms with Gasteiger partial charge in [0.2, 0.25) is 5.91 Å². The number of hydrogen-bond donors (Lipinski definition) is 0. The molecule has 4 rings (SSSR count). The smallest absolute Gasteiger partial charge is 0.229 e. The van der Waals surface area contributed by atoms with E-state index in [4.69, 9.17) is 26.7 Å². The number of aromatic nitrogens is 4. The molecule has 3 heterocycles. The van der Waals surface area contributed by atoms with E-state index >= 15 is 0 Å². The van der Waals surface area contributed by atoms with Gasteiger partial charge in [-0.25, -0.2) is 19.0 Å². The van der Waals surface area contributed by atoms with Crippen LogP contribution in [0, 0.1) is 18.2 Å². The van der Waals surface area contributed by atoms with E-state index < -0.39 is 5.41 Å². The van der Waals surface area contributed by atoms with E-state index in [2.05, 4.69) is 18.7 Å². The van der Waals surface area contributed by atoms with Gasteiger partial charge in [-0.2, -0.15) is 5.10 Å². The zero-order valence-electron chi connectivity index (χ0n) is 21.2. The van der Waals surface area contributed by atoms with Crippen LogP contribution >= 0.6 is 11.6 Å². The van der Waals surface area contributed by atoms with Crippen LogP contribution in [0.1, 0.15) is 58.0 Å². The zero-order chi connectivity index (χ0) is 25.3. The lowest BCUT2D eigenvalue weighted by Gasteiger charge is -2.38. The van der Waals surface area contributed by atoms with E-state index in [-0.39, 0.29) is 17.6 Å². The summed E-state index contributed by atoms with van der Waals surface area (Å²) < 4.78 is 15.3. The summed E-state index contributed by atoms with van der Waals surface area (Å²) in [6.45, 7) is 12.6. The number of fused-ring (bicyclic) bond motifs is 1. The predicted octanol–water partition coefficient (Wildman–Crippen LogP) is 5.08. The monoisotopic (exact) mass is 500 g/mol. The van der Waals surface area contributed by atoms with Crippen molar-refractivity contribution < 1.29 is 9.18 Å². The quantitative estimate of drug-likeness (QED) is 0.423. The van der Waals surface area contributed by atoms with Crippen LogP contribution in [0.4, 0.5) is 10.2 Å². The second-order valence-corrected chi connectivity index (χ2v) is 10.3. The fourth-order valence-electron chi connectivity index (χ4n) is 4.56. The minimum atomic E-state index is -0.582. The molecule has 0 bridgehead atoms. The normalized spacial score (nSPS) is 15.6. The number of hydrogen-bond acceptors (Lipinski definition) is 5. The van der Waals surface area contributed by atoms with Crippen molar-refractivity contribution in [1.29, 1.82) is 0 Å². The van der Waals surface area contributed by atoms with Crippen molar-refractivity contribution in [2.24, 2.45) is 5.41 Å². The van der Waals surface area contributed by atoms with Crippen molar-refractivity contribution in [3.8, 4) is 5.69 Å². The molecule has 1 fully saturated rings. The number of halogens is 2. The number of rotatable bonds is 7. The number of piperazine rings is 1. The first-order valence-corrected chi connectivity index (χ1v) is 12.8. The SMILES string of the molecule is CCCC(C)c1nc(N2CCN(C(=O)C(C)(C)CCl)CC2)c2c(C)nn(-c3ccc(F)cc3)c2n1. The maximum Gasteiger partial charge on any atom is 0.229 e. The number of nitrogens with zero attached hydrogens (tertiary/aromatic N) is 6. The maximum atomic E-state index is 13.6. The highest BCUT2D eigenvalue weighted by Gasteiger charge is 2.34. The average molecular weight is 501 g/mol. The van der Waals surface area contributed by atoms with E-state index in [0.29, 0.717) is 32.1 Å². The Morgan fingerprint density at radius 2 is 1.80 bits per heavy atom. The fourth-order valence-corrected chi connectivity index (χ4v) is 4.67. The summed E-state index contributed by atoms with van der Waals surface area (Å²) in [5.41, 5.74) is 1.71. The molecule has 3 aromatic rings. The number of carbonyl (C=O) groups is 1. The third-order valence-electron chi connectivity index (χ3n) is 6.71. The van der Waals surface area contributed by atoms with Gasteiger partial charge in [-0.3, -0.25) is 4.79 Å². The van der Waals surface area contributed by atoms with E-state index in [9.17, 15) is 9.18 Å². The second-order valence-electron chi connectivity index (χ2n) is 10.1. The van der Waals surface area contributed by atoms with Crippen LogP contribution < -0.4 is 4.90 Å². The first-order chi connectivity index (χ1) is 16.7. The van der Waals surface area contributed by atoms with E-state index in [1.807, 2.05) is 25.7 Å². The summed E-state index contributed by atoms with van der Waals surface area (Å²) in [4.78, 5) is 27.0. The van der Waals surface area contributed by atoms with Gasteiger partial charge in [0.15, 0.2) is 5.65 Å². The molecule has 1 atom stereocenters. The molecule has 35 heavy (non-hydrogen) atoms. The molecular formula is C26H34ClFN6O. The molecule has 1 aromatic carbocycles. The molecule has 1 aliphatic heterocycles. The second kappa shape index (κ2) is 10.1. The molecule has 0 spiro atoms. The van der Waals surface area contributed by atoms with Gasteiger partial charge in [-0.1, -0.05) is 20.3 Å². The summed E-state index contributed by atoms with van der Waals surface area (Å²) in [6.07, 6.45) is 2.01. The van der Waals surface area contributed by atoms with Crippen molar-refractivity contribution in [3.63, 3.8) is 0 Å². The van der Waals surface area contributed by atoms with Crippen molar-refractivity contribution in [2.45, 2.75) is 53.4 Å². The van der Waals surface area contributed by atoms with Crippen LogP contribution in [0.25, 0.3) is 16.7 Å². The number of anilines is 1. The molecule has 7 nitrogen and oxygen atoms in total. The summed E-state index contributed by atoms with van der Waals surface area (Å²) in [6, 6.07) is 6.28. The predicted molar refractivity (Wildman–Crippen MR) is 138 cm³/mol. The third kappa shape index (κ3) is 4.99. The lowest BCUT2D eigenvalue weighted by Crippen LogP contribution is -2.52. The molecule has 1 saturated heterocycles. The third-order valence-corrected chi connectivity index (χ3v) is 7.38. The maximum absolute atomic E-state index is 13.6. The fraction of sp³-hybridized carbons (Fsp3) is 0.538. The zero-order valence-corrected chi connectivity index (χ0v) is 21.9. The molecule has 0 saturated carbocycles. The molecule has 0 radical (unpaired) electrons. The number of carbonyl (C=O) groups excluding carboxylic acids is 1. The molecule has 188 valence electrons. The molecule has 9 heteroatoms. The highest BCUT2D eigenvalue weighted by Crippen LogP contribution is 2.32. The van der Waals surface area contributed by atoms with Gasteiger partial charge in [-0.05, 0) is 51.5 Å². The van der Waals surface area contributed by atoms with Gasteiger partial charge in [0.1, 0.15) is 17.5 Å². The van der Waals surface area contributed by atoms with E-state index in [1.165, 1.54) is 12.1 Å². The lowest BCUT2D eigenvalue weighted by atomic mass is 9.94. The summed E-state index contributed by atoms with van der Waals surface area (Å²) in [5.74, 6) is 1.89. The van der Waals surface area contributed by atoms with Gasteiger partial charge in [0, 0.05) is 38.0 Å². The first-order valence-electron chi connectivity index (χ1n) is 12.3. The molecule has 1 unspecified atom stereocenters. The van der Waals surface area contributed by atoms with Crippen LogP contribution in [-0.4, -0.2) is 62.6 Å². The van der Waals surface area contributed by atoms with E-state index in [1.54, 1.807) is 16.8 Å². The van der Waals surface area contributed by atoms with Crippen LogP contribution in [0.2, 0.25) is 0 Å². The van der Waals surface area contributed by atoms with Crippen molar-refractivity contribution >= 4 is 34.4 Å². The average Bonchev–Trinajstić information content (AvgIpc) is 3.20. The Hall–Kier alpha value is -2.74. The minimum absolute atomic E-state index is 0.0811. The number of aryl methyl sites for hydroxylation is 1. The summed E-state index contributed by atoms with van der Waals surface area (Å²) in [5, 5.41) is 5.66. The molecule has 1 aliphatic rings. The number of benzene rings is 1. The van der Waals surface area contributed by atoms with Crippen molar-refractivity contribution in [2.75, 3.05) is 37.0 Å². The van der Waals surface area contributed by atoms with Gasteiger partial charge >= 0.3 is 0 Å². The Morgan fingerprint density at radius 1 is 1.14 bits per heavy atom. The molecule has 2 aromatic heterocycles. The van der Waals surface area contributed by atoms with Crippen LogP contribution in [0.3, 0.4) is 0 Å². The van der Waals surface area contributed by atoms with Crippen molar-refractivity contribution in [1.82, 2.24) is 24.6 Å².